The van der Waals surface area contributed by atoms with Gasteiger partial charge in [-0.2, -0.15) is 0 Å². The summed E-state index contributed by atoms with van der Waals surface area (Å²) in [5.74, 6) is -0.127. The van der Waals surface area contributed by atoms with Crippen molar-refractivity contribution in [2.75, 3.05) is 19.4 Å². The molecule has 0 fully saturated rings. The lowest BCUT2D eigenvalue weighted by atomic mass is 10.1. The monoisotopic (exact) mass is 319 g/mol. The van der Waals surface area contributed by atoms with Gasteiger partial charge in [-0.3, -0.25) is 4.79 Å². The molecule has 0 saturated heterocycles. The van der Waals surface area contributed by atoms with Crippen LogP contribution in [0.15, 0.2) is 23.1 Å². The van der Waals surface area contributed by atoms with Gasteiger partial charge in [0.05, 0.1) is 10.2 Å². The summed E-state index contributed by atoms with van der Waals surface area (Å²) >= 11 is 3.08. The summed E-state index contributed by atoms with van der Waals surface area (Å²) in [5, 5.41) is 0.180. The van der Waals surface area contributed by atoms with E-state index in [1.165, 1.54) is 26.2 Å². The second kappa shape index (κ2) is 5.29. The van der Waals surface area contributed by atoms with Gasteiger partial charge in [0, 0.05) is 19.7 Å². The van der Waals surface area contributed by atoms with E-state index in [9.17, 15) is 13.2 Å². The van der Waals surface area contributed by atoms with E-state index in [4.69, 9.17) is 0 Å². The molecule has 0 unspecified atom stereocenters. The van der Waals surface area contributed by atoms with E-state index in [2.05, 4.69) is 15.9 Å². The number of aryl methyl sites for hydroxylation is 1. The Balaban J connectivity index is 3.37. The van der Waals surface area contributed by atoms with Gasteiger partial charge in [-0.1, -0.05) is 22.0 Å². The van der Waals surface area contributed by atoms with Gasteiger partial charge in [0.25, 0.3) is 0 Å². The predicted octanol–water partition coefficient (Wildman–Crippen LogP) is 1.82. The summed E-state index contributed by atoms with van der Waals surface area (Å²) in [7, 11) is -0.573. The molecule has 0 aliphatic rings. The smallest absolute Gasteiger partial charge is 0.242 e. The first-order valence-corrected chi connectivity index (χ1v) is 7.49. The summed E-state index contributed by atoms with van der Waals surface area (Å²) in [6.45, 7) is 1.78. The fourth-order valence-electron chi connectivity index (χ4n) is 1.34. The molecule has 1 aromatic rings. The second-order valence-electron chi connectivity index (χ2n) is 3.82. The van der Waals surface area contributed by atoms with Crippen LogP contribution in [-0.2, 0) is 10.0 Å². The normalized spacial score (nSPS) is 11.8. The van der Waals surface area contributed by atoms with Crippen molar-refractivity contribution in [2.24, 2.45) is 0 Å². The lowest BCUT2D eigenvalue weighted by Crippen LogP contribution is -2.22. The molecule has 6 heteroatoms. The molecule has 0 aliphatic heterocycles. The third-order valence-corrected chi connectivity index (χ3v) is 4.73. The maximum atomic E-state index is 11.9. The molecule has 0 aliphatic carbocycles. The standard InChI is InChI=1S/C11H14BrNO3S/c1-8-4-5-9(17(15,16)13(2)3)6-10(8)11(14)7-12/h4-6H,7H2,1-3H3. The first-order valence-electron chi connectivity index (χ1n) is 4.93. The first kappa shape index (κ1) is 14.3. The van der Waals surface area contributed by atoms with Gasteiger partial charge in [0.2, 0.25) is 10.0 Å². The van der Waals surface area contributed by atoms with Crippen LogP contribution in [0.25, 0.3) is 0 Å². The summed E-state index contributed by atoms with van der Waals surface area (Å²) in [4.78, 5) is 11.8. The third-order valence-electron chi connectivity index (χ3n) is 2.41. The molecule has 0 saturated carbocycles. The molecule has 0 heterocycles. The van der Waals surface area contributed by atoms with Crippen molar-refractivity contribution in [3.05, 3.63) is 29.3 Å². The Bertz CT molecular complexity index is 538. The van der Waals surface area contributed by atoms with Gasteiger partial charge in [-0.15, -0.1) is 0 Å². The topological polar surface area (TPSA) is 54.5 Å². The lowest BCUT2D eigenvalue weighted by molar-refractivity contribution is 0.102. The van der Waals surface area contributed by atoms with Crippen molar-refractivity contribution >= 4 is 31.7 Å². The van der Waals surface area contributed by atoms with E-state index in [1.54, 1.807) is 13.0 Å². The van der Waals surface area contributed by atoms with Crippen molar-refractivity contribution in [3.8, 4) is 0 Å². The maximum Gasteiger partial charge on any atom is 0.242 e. The summed E-state index contributed by atoms with van der Waals surface area (Å²) in [6, 6.07) is 4.58. The zero-order valence-corrected chi connectivity index (χ0v) is 12.3. The van der Waals surface area contributed by atoms with Crippen molar-refractivity contribution in [1.82, 2.24) is 4.31 Å². The molecule has 4 nitrogen and oxygen atoms in total. The van der Waals surface area contributed by atoms with Gasteiger partial charge < -0.3 is 0 Å². The third kappa shape index (κ3) is 2.94. The van der Waals surface area contributed by atoms with Gasteiger partial charge in [0.1, 0.15) is 0 Å². The SMILES string of the molecule is Cc1ccc(S(=O)(=O)N(C)C)cc1C(=O)CBr. The van der Waals surface area contributed by atoms with Gasteiger partial charge in [-0.05, 0) is 24.6 Å². The number of hydrogen-bond acceptors (Lipinski definition) is 3. The Morgan fingerprint density at radius 2 is 1.94 bits per heavy atom. The minimum Gasteiger partial charge on any atom is -0.293 e. The van der Waals surface area contributed by atoms with Crippen LogP contribution >= 0.6 is 15.9 Å². The zero-order valence-electron chi connectivity index (χ0n) is 9.90. The van der Waals surface area contributed by atoms with E-state index in [1.807, 2.05) is 0 Å². The predicted molar refractivity (Wildman–Crippen MR) is 70.2 cm³/mol. The number of hydrogen-bond donors (Lipinski definition) is 0. The molecule has 1 aromatic carbocycles. The molecular weight excluding hydrogens is 306 g/mol. The number of carbonyl (C=O) groups excluding carboxylic acids is 1. The molecule has 0 N–H and O–H groups in total. The Labute approximate surface area is 110 Å². The molecule has 0 radical (unpaired) electrons. The van der Waals surface area contributed by atoms with Crippen LogP contribution in [0.3, 0.4) is 0 Å². The van der Waals surface area contributed by atoms with E-state index in [0.29, 0.717) is 5.56 Å². The summed E-state index contributed by atoms with van der Waals surface area (Å²) < 4.78 is 24.9. The van der Waals surface area contributed by atoms with Crippen LogP contribution < -0.4 is 0 Å². The summed E-state index contributed by atoms with van der Waals surface area (Å²) in [5.41, 5.74) is 1.21. The first-order chi connectivity index (χ1) is 7.80. The van der Waals surface area contributed by atoms with Crippen molar-refractivity contribution in [2.45, 2.75) is 11.8 Å². The largest absolute Gasteiger partial charge is 0.293 e. The maximum absolute atomic E-state index is 11.9. The number of benzene rings is 1. The Kier molecular flexibility index (Phi) is 4.46. The fraction of sp³-hybridized carbons (Fsp3) is 0.364. The number of Topliss-reactive ketones (excluding diaryl/α,β-unsaturated/α-hetero) is 1. The Morgan fingerprint density at radius 1 is 1.35 bits per heavy atom. The molecule has 0 aromatic heterocycles. The number of ketones is 1. The van der Waals surface area contributed by atoms with Crippen molar-refractivity contribution in [3.63, 3.8) is 0 Å². The van der Waals surface area contributed by atoms with Crippen molar-refractivity contribution in [1.29, 1.82) is 0 Å². The number of alkyl halides is 1. The molecule has 1 rings (SSSR count). The van der Waals surface area contributed by atoms with E-state index < -0.39 is 10.0 Å². The van der Waals surface area contributed by atoms with Crippen LogP contribution in [0, 0.1) is 6.92 Å². The van der Waals surface area contributed by atoms with Crippen LogP contribution in [0.2, 0.25) is 0 Å². The highest BCUT2D eigenvalue weighted by Crippen LogP contribution is 2.18. The number of halogens is 1. The van der Waals surface area contributed by atoms with E-state index in [0.717, 1.165) is 9.87 Å². The fourth-order valence-corrected chi connectivity index (χ4v) is 2.58. The van der Waals surface area contributed by atoms with Crippen LogP contribution in [-0.4, -0.2) is 37.9 Å². The Morgan fingerprint density at radius 3 is 2.41 bits per heavy atom. The zero-order chi connectivity index (χ0) is 13.2. The minimum atomic E-state index is -3.49. The highest BCUT2D eigenvalue weighted by molar-refractivity contribution is 9.09. The molecule has 0 bridgehead atoms. The van der Waals surface area contributed by atoms with Crippen LogP contribution in [0.4, 0.5) is 0 Å². The quantitative estimate of drug-likeness (QED) is 0.628. The highest BCUT2D eigenvalue weighted by atomic mass is 79.9. The number of rotatable bonds is 4. The Hall–Kier alpha value is -0.720. The number of carbonyl (C=O) groups is 1. The second-order valence-corrected chi connectivity index (χ2v) is 6.53. The van der Waals surface area contributed by atoms with Crippen LogP contribution in [0.5, 0.6) is 0 Å². The lowest BCUT2D eigenvalue weighted by Gasteiger charge is -2.13. The molecular formula is C11H14BrNO3S. The molecule has 0 amide bonds. The van der Waals surface area contributed by atoms with Gasteiger partial charge in [0.15, 0.2) is 5.78 Å². The number of nitrogens with zero attached hydrogens (tertiary/aromatic N) is 1. The van der Waals surface area contributed by atoms with E-state index in [-0.39, 0.29) is 16.0 Å². The molecule has 0 atom stereocenters. The van der Waals surface area contributed by atoms with Gasteiger partial charge >= 0.3 is 0 Å². The average Bonchev–Trinajstić information content (AvgIpc) is 2.28. The van der Waals surface area contributed by atoms with Crippen molar-refractivity contribution < 1.29 is 13.2 Å². The average molecular weight is 320 g/mol. The molecule has 0 spiro atoms. The van der Waals surface area contributed by atoms with Gasteiger partial charge in [-0.25, -0.2) is 12.7 Å². The minimum absolute atomic E-state index is 0.127. The van der Waals surface area contributed by atoms with E-state index >= 15 is 0 Å². The molecule has 17 heavy (non-hydrogen) atoms. The highest BCUT2D eigenvalue weighted by Gasteiger charge is 2.19. The van der Waals surface area contributed by atoms with Crippen LogP contribution in [0.1, 0.15) is 15.9 Å². The number of sulfonamides is 1. The molecule has 94 valence electrons. The summed E-state index contributed by atoms with van der Waals surface area (Å²) in [6.07, 6.45) is 0.